The summed E-state index contributed by atoms with van der Waals surface area (Å²) in [7, 11) is 0. The summed E-state index contributed by atoms with van der Waals surface area (Å²) in [6.07, 6.45) is 0.111. The van der Waals surface area contributed by atoms with Crippen molar-refractivity contribution in [1.29, 1.82) is 0 Å². The SMILES string of the molecule is CCNC(=O)COc1cccc(CN=C(NCC)NCc2ccc(C)cc2OC(C)C)c1. The van der Waals surface area contributed by atoms with Gasteiger partial charge in [-0.2, -0.15) is 0 Å². The number of aliphatic imine (C=N–C) groups is 1. The first-order valence-electron chi connectivity index (χ1n) is 11.2. The van der Waals surface area contributed by atoms with Crippen molar-refractivity contribution in [3.05, 3.63) is 59.2 Å². The first-order valence-corrected chi connectivity index (χ1v) is 11.2. The molecule has 0 bridgehead atoms. The zero-order chi connectivity index (χ0) is 23.3. The highest BCUT2D eigenvalue weighted by molar-refractivity contribution is 5.79. The second kappa shape index (κ2) is 13.2. The molecule has 0 aliphatic carbocycles. The van der Waals surface area contributed by atoms with Gasteiger partial charge in [-0.1, -0.05) is 24.3 Å². The Hall–Kier alpha value is -3.22. The fraction of sp³-hybridized carbons (Fsp3) is 0.440. The summed E-state index contributed by atoms with van der Waals surface area (Å²) in [5.74, 6) is 2.13. The highest BCUT2D eigenvalue weighted by Gasteiger charge is 2.08. The molecule has 32 heavy (non-hydrogen) atoms. The number of ether oxygens (including phenoxy) is 2. The number of guanidine groups is 1. The standard InChI is InChI=1S/C25H36N4O3/c1-6-26-24(30)17-31-22-10-8-9-20(14-22)15-28-25(27-7-2)29-16-21-12-11-19(5)13-23(21)32-18(3)4/h8-14,18H,6-7,15-17H2,1-5H3,(H,26,30)(H2,27,28,29). The molecule has 0 aromatic heterocycles. The largest absolute Gasteiger partial charge is 0.491 e. The molecule has 0 unspecified atom stereocenters. The van der Waals surface area contributed by atoms with Crippen LogP contribution in [0, 0.1) is 6.92 Å². The fourth-order valence-corrected chi connectivity index (χ4v) is 2.99. The minimum absolute atomic E-state index is 0.00207. The zero-order valence-electron chi connectivity index (χ0n) is 19.8. The van der Waals surface area contributed by atoms with Crippen LogP contribution in [-0.4, -0.2) is 37.7 Å². The Labute approximate surface area is 191 Å². The molecular weight excluding hydrogens is 404 g/mol. The summed E-state index contributed by atoms with van der Waals surface area (Å²) in [5, 5.41) is 9.38. The molecule has 0 heterocycles. The molecule has 0 aliphatic heterocycles. The predicted octanol–water partition coefficient (Wildman–Crippen LogP) is 3.55. The van der Waals surface area contributed by atoms with E-state index in [1.165, 1.54) is 5.56 Å². The van der Waals surface area contributed by atoms with E-state index < -0.39 is 0 Å². The predicted molar refractivity (Wildman–Crippen MR) is 129 cm³/mol. The van der Waals surface area contributed by atoms with Crippen LogP contribution in [0.25, 0.3) is 0 Å². The summed E-state index contributed by atoms with van der Waals surface area (Å²) in [4.78, 5) is 16.3. The number of amides is 1. The van der Waals surface area contributed by atoms with Crippen molar-refractivity contribution in [3.8, 4) is 11.5 Å². The third kappa shape index (κ3) is 8.88. The molecule has 2 aromatic rings. The Bertz CT molecular complexity index is 897. The number of carbonyl (C=O) groups is 1. The lowest BCUT2D eigenvalue weighted by Crippen LogP contribution is -2.36. The van der Waals surface area contributed by atoms with E-state index in [4.69, 9.17) is 14.5 Å². The maximum Gasteiger partial charge on any atom is 0.257 e. The zero-order valence-corrected chi connectivity index (χ0v) is 19.8. The van der Waals surface area contributed by atoms with Crippen molar-refractivity contribution in [2.45, 2.75) is 53.8 Å². The highest BCUT2D eigenvalue weighted by atomic mass is 16.5. The Balaban J connectivity index is 2.02. The molecule has 0 spiro atoms. The quantitative estimate of drug-likeness (QED) is 0.368. The lowest BCUT2D eigenvalue weighted by molar-refractivity contribution is -0.122. The molecule has 1 amide bonds. The summed E-state index contributed by atoms with van der Waals surface area (Å²) in [5.41, 5.74) is 3.24. The topological polar surface area (TPSA) is 84.0 Å². The van der Waals surface area contributed by atoms with Crippen LogP contribution in [0.2, 0.25) is 0 Å². The van der Waals surface area contributed by atoms with Crippen molar-refractivity contribution < 1.29 is 14.3 Å². The maximum atomic E-state index is 11.6. The van der Waals surface area contributed by atoms with Crippen molar-refractivity contribution in [2.75, 3.05) is 19.7 Å². The van der Waals surface area contributed by atoms with Crippen LogP contribution in [0.15, 0.2) is 47.5 Å². The molecule has 3 N–H and O–H groups in total. The maximum absolute atomic E-state index is 11.6. The Morgan fingerprint density at radius 3 is 2.53 bits per heavy atom. The van der Waals surface area contributed by atoms with E-state index in [-0.39, 0.29) is 18.6 Å². The third-order valence-electron chi connectivity index (χ3n) is 4.44. The van der Waals surface area contributed by atoms with Gasteiger partial charge in [0.2, 0.25) is 0 Å². The average Bonchev–Trinajstić information content (AvgIpc) is 2.75. The molecule has 7 heteroatoms. The molecule has 0 aliphatic rings. The number of benzene rings is 2. The second-order valence-corrected chi connectivity index (χ2v) is 7.72. The number of likely N-dealkylation sites (N-methyl/N-ethyl adjacent to an activating group) is 1. The Morgan fingerprint density at radius 2 is 1.81 bits per heavy atom. The van der Waals surface area contributed by atoms with Crippen LogP contribution in [0.5, 0.6) is 11.5 Å². The van der Waals surface area contributed by atoms with Crippen molar-refractivity contribution in [3.63, 3.8) is 0 Å². The first kappa shape index (κ1) is 25.0. The molecule has 0 radical (unpaired) electrons. The fourth-order valence-electron chi connectivity index (χ4n) is 2.99. The molecule has 7 nitrogen and oxygen atoms in total. The van der Waals surface area contributed by atoms with E-state index in [2.05, 4.69) is 41.1 Å². The normalized spacial score (nSPS) is 11.2. The van der Waals surface area contributed by atoms with Crippen molar-refractivity contribution >= 4 is 11.9 Å². The molecule has 0 fully saturated rings. The molecule has 0 saturated carbocycles. The summed E-state index contributed by atoms with van der Waals surface area (Å²) in [6, 6.07) is 13.9. The number of rotatable bonds is 11. The monoisotopic (exact) mass is 440 g/mol. The molecular formula is C25H36N4O3. The first-order chi connectivity index (χ1) is 15.4. The van der Waals surface area contributed by atoms with E-state index in [0.717, 1.165) is 29.4 Å². The summed E-state index contributed by atoms with van der Waals surface area (Å²) < 4.78 is 11.5. The van der Waals surface area contributed by atoms with Crippen LogP contribution in [0.4, 0.5) is 0 Å². The van der Waals surface area contributed by atoms with Crippen LogP contribution >= 0.6 is 0 Å². The Kier molecular flexibility index (Phi) is 10.4. The lowest BCUT2D eigenvalue weighted by atomic mass is 10.1. The molecule has 0 atom stereocenters. The smallest absolute Gasteiger partial charge is 0.257 e. The number of nitrogens with one attached hydrogen (secondary N) is 3. The number of nitrogens with zero attached hydrogens (tertiary/aromatic N) is 1. The number of aryl methyl sites for hydroxylation is 1. The van der Waals surface area contributed by atoms with Gasteiger partial charge in [-0.3, -0.25) is 4.79 Å². The van der Waals surface area contributed by atoms with Crippen molar-refractivity contribution in [2.24, 2.45) is 4.99 Å². The number of carbonyl (C=O) groups excluding carboxylic acids is 1. The Morgan fingerprint density at radius 1 is 1.03 bits per heavy atom. The van der Waals surface area contributed by atoms with Gasteiger partial charge in [-0.05, 0) is 63.9 Å². The highest BCUT2D eigenvalue weighted by Crippen LogP contribution is 2.21. The second-order valence-electron chi connectivity index (χ2n) is 7.72. The molecule has 2 aromatic carbocycles. The van der Waals surface area contributed by atoms with E-state index in [0.29, 0.717) is 25.4 Å². The van der Waals surface area contributed by atoms with Crippen molar-refractivity contribution in [1.82, 2.24) is 16.0 Å². The van der Waals surface area contributed by atoms with E-state index in [1.807, 2.05) is 52.0 Å². The molecule has 2 rings (SSSR count). The van der Waals surface area contributed by atoms with Crippen LogP contribution in [0.1, 0.15) is 44.4 Å². The van der Waals surface area contributed by atoms with Crippen LogP contribution in [-0.2, 0) is 17.9 Å². The minimum atomic E-state index is -0.133. The van der Waals surface area contributed by atoms with Crippen LogP contribution < -0.4 is 25.4 Å². The van der Waals surface area contributed by atoms with Gasteiger partial charge in [-0.15, -0.1) is 0 Å². The van der Waals surface area contributed by atoms with Gasteiger partial charge in [0.1, 0.15) is 11.5 Å². The lowest BCUT2D eigenvalue weighted by Gasteiger charge is -2.17. The summed E-state index contributed by atoms with van der Waals surface area (Å²) in [6.45, 7) is 12.5. The number of hydrogen-bond donors (Lipinski definition) is 3. The minimum Gasteiger partial charge on any atom is -0.491 e. The van der Waals surface area contributed by atoms with E-state index >= 15 is 0 Å². The third-order valence-corrected chi connectivity index (χ3v) is 4.44. The van der Waals surface area contributed by atoms with E-state index in [1.54, 1.807) is 0 Å². The van der Waals surface area contributed by atoms with Gasteiger partial charge in [-0.25, -0.2) is 4.99 Å². The molecule has 0 saturated heterocycles. The molecule has 174 valence electrons. The average molecular weight is 441 g/mol. The van der Waals surface area contributed by atoms with Gasteiger partial charge in [0.15, 0.2) is 12.6 Å². The van der Waals surface area contributed by atoms with Gasteiger partial charge < -0.3 is 25.4 Å². The van der Waals surface area contributed by atoms with Gasteiger partial charge in [0.05, 0.1) is 12.6 Å². The van der Waals surface area contributed by atoms with E-state index in [9.17, 15) is 4.79 Å². The van der Waals surface area contributed by atoms with Gasteiger partial charge in [0, 0.05) is 25.2 Å². The van der Waals surface area contributed by atoms with Crippen LogP contribution in [0.3, 0.4) is 0 Å². The van der Waals surface area contributed by atoms with Gasteiger partial charge in [0.25, 0.3) is 5.91 Å². The number of hydrogen-bond acceptors (Lipinski definition) is 4. The summed E-state index contributed by atoms with van der Waals surface area (Å²) >= 11 is 0. The van der Waals surface area contributed by atoms with Gasteiger partial charge >= 0.3 is 0 Å².